The van der Waals surface area contributed by atoms with Gasteiger partial charge in [-0.15, -0.1) is 10.2 Å². The second kappa shape index (κ2) is 4.42. The van der Waals surface area contributed by atoms with Crippen molar-refractivity contribution in [1.82, 2.24) is 20.4 Å². The second-order valence-corrected chi connectivity index (χ2v) is 6.51. The highest BCUT2D eigenvalue weighted by molar-refractivity contribution is 7.18. The Labute approximate surface area is 126 Å². The third-order valence-electron chi connectivity index (χ3n) is 4.26. The predicted molar refractivity (Wildman–Crippen MR) is 81.5 cm³/mol. The van der Waals surface area contributed by atoms with Crippen LogP contribution in [-0.4, -0.2) is 53.3 Å². The lowest BCUT2D eigenvalue weighted by molar-refractivity contribution is 0.152. The van der Waals surface area contributed by atoms with Gasteiger partial charge in [0.1, 0.15) is 5.01 Å². The average molecular weight is 301 g/mol. The predicted octanol–water partition coefficient (Wildman–Crippen LogP) is 1.42. The number of urea groups is 1. The number of anilines is 1. The molecule has 2 amide bonds. The van der Waals surface area contributed by atoms with Crippen LogP contribution in [-0.2, 0) is 0 Å². The number of nitrogens with zero attached hydrogens (tertiary/aromatic N) is 4. The zero-order chi connectivity index (χ0) is 14.4. The van der Waals surface area contributed by atoms with E-state index >= 15 is 0 Å². The summed E-state index contributed by atoms with van der Waals surface area (Å²) in [4.78, 5) is 15.6. The van der Waals surface area contributed by atoms with Crippen molar-refractivity contribution in [3.8, 4) is 10.6 Å². The summed E-state index contributed by atoms with van der Waals surface area (Å²) in [6.07, 6.45) is 0. The molecule has 2 fully saturated rings. The van der Waals surface area contributed by atoms with Crippen molar-refractivity contribution in [1.29, 1.82) is 0 Å². The Bertz CT molecular complexity index is 680. The highest BCUT2D eigenvalue weighted by atomic mass is 32.1. The fraction of sp³-hybridized carbons (Fsp3) is 0.357. The maximum atomic E-state index is 11.6. The zero-order valence-corrected chi connectivity index (χ0v) is 12.4. The first-order valence-corrected chi connectivity index (χ1v) is 7.65. The Morgan fingerprint density at radius 2 is 2.00 bits per heavy atom. The van der Waals surface area contributed by atoms with Gasteiger partial charge < -0.3 is 15.1 Å². The topological polar surface area (TPSA) is 61.4 Å². The molecular weight excluding hydrogens is 286 g/mol. The molecule has 2 aromatic rings. The van der Waals surface area contributed by atoms with Gasteiger partial charge in [-0.05, 0) is 0 Å². The Morgan fingerprint density at radius 3 is 2.67 bits per heavy atom. The van der Waals surface area contributed by atoms with Crippen molar-refractivity contribution in [2.75, 3.05) is 31.6 Å². The average Bonchev–Trinajstić information content (AvgIpc) is 3.05. The zero-order valence-electron chi connectivity index (χ0n) is 11.6. The summed E-state index contributed by atoms with van der Waals surface area (Å²) >= 11 is 1.59. The van der Waals surface area contributed by atoms with Gasteiger partial charge in [0.15, 0.2) is 0 Å². The van der Waals surface area contributed by atoms with Gasteiger partial charge in [-0.3, -0.25) is 0 Å². The van der Waals surface area contributed by atoms with E-state index in [1.807, 2.05) is 42.3 Å². The largest absolute Gasteiger partial charge is 0.342 e. The van der Waals surface area contributed by atoms with E-state index < -0.39 is 0 Å². The van der Waals surface area contributed by atoms with Crippen molar-refractivity contribution in [3.05, 3.63) is 30.3 Å². The summed E-state index contributed by atoms with van der Waals surface area (Å²) < 4.78 is 0. The molecule has 2 aliphatic heterocycles. The van der Waals surface area contributed by atoms with E-state index in [9.17, 15) is 4.79 Å². The normalized spacial score (nSPS) is 19.8. The second-order valence-electron chi connectivity index (χ2n) is 5.55. The third kappa shape index (κ3) is 1.88. The van der Waals surface area contributed by atoms with E-state index in [-0.39, 0.29) is 11.6 Å². The molecule has 6 nitrogen and oxygen atoms in total. The standard InChI is InChI=1S/C14H15N5OS/c1-18-12(20)15-7-14(18)8-19(9-14)13-17-16-11(21-13)10-5-3-2-4-6-10/h2-6H,7-9H2,1H3,(H,15,20). The number of hydrogen-bond donors (Lipinski definition) is 1. The maximum absolute atomic E-state index is 11.6. The molecule has 1 spiro atoms. The number of hydrogen-bond acceptors (Lipinski definition) is 5. The fourth-order valence-corrected chi connectivity index (χ4v) is 3.71. The highest BCUT2D eigenvalue weighted by Crippen LogP contribution is 2.37. The van der Waals surface area contributed by atoms with Gasteiger partial charge in [0.2, 0.25) is 5.13 Å². The van der Waals surface area contributed by atoms with Gasteiger partial charge in [-0.1, -0.05) is 41.7 Å². The van der Waals surface area contributed by atoms with Gasteiger partial charge in [-0.2, -0.15) is 0 Å². The number of likely N-dealkylation sites (N-methyl/N-ethyl adjacent to an activating group) is 1. The van der Waals surface area contributed by atoms with Crippen LogP contribution in [0.5, 0.6) is 0 Å². The summed E-state index contributed by atoms with van der Waals surface area (Å²) in [5.41, 5.74) is 1.02. The van der Waals surface area contributed by atoms with Crippen molar-refractivity contribution < 1.29 is 4.79 Å². The van der Waals surface area contributed by atoms with Crippen LogP contribution in [0.3, 0.4) is 0 Å². The fourth-order valence-electron chi connectivity index (χ4n) is 2.86. The Hall–Kier alpha value is -2.15. The van der Waals surface area contributed by atoms with Crippen molar-refractivity contribution in [2.24, 2.45) is 0 Å². The molecule has 0 radical (unpaired) electrons. The van der Waals surface area contributed by atoms with E-state index in [4.69, 9.17) is 0 Å². The first-order valence-electron chi connectivity index (χ1n) is 6.83. The van der Waals surface area contributed by atoms with E-state index in [2.05, 4.69) is 20.4 Å². The minimum atomic E-state index is -0.0737. The molecule has 1 aromatic carbocycles. The summed E-state index contributed by atoms with van der Waals surface area (Å²) in [5, 5.41) is 13.3. The minimum Gasteiger partial charge on any atom is -0.342 e. The molecule has 0 atom stereocenters. The number of benzene rings is 1. The summed E-state index contributed by atoms with van der Waals surface area (Å²) in [6, 6.07) is 10.1. The van der Waals surface area contributed by atoms with Crippen molar-refractivity contribution >= 4 is 22.5 Å². The molecule has 2 aliphatic rings. The van der Waals surface area contributed by atoms with Crippen LogP contribution in [0, 0.1) is 0 Å². The molecule has 0 saturated carbocycles. The number of aromatic nitrogens is 2. The molecule has 2 saturated heterocycles. The molecule has 108 valence electrons. The quantitative estimate of drug-likeness (QED) is 0.911. The molecule has 0 unspecified atom stereocenters. The Balaban J connectivity index is 1.50. The molecule has 7 heteroatoms. The number of rotatable bonds is 2. The summed E-state index contributed by atoms with van der Waals surface area (Å²) in [7, 11) is 1.86. The van der Waals surface area contributed by atoms with E-state index in [1.165, 1.54) is 0 Å². The van der Waals surface area contributed by atoms with Gasteiger partial charge in [0, 0.05) is 32.2 Å². The van der Waals surface area contributed by atoms with Crippen LogP contribution >= 0.6 is 11.3 Å². The van der Waals surface area contributed by atoms with Crippen LogP contribution in [0.2, 0.25) is 0 Å². The molecule has 3 heterocycles. The number of nitrogens with one attached hydrogen (secondary N) is 1. The van der Waals surface area contributed by atoms with Crippen LogP contribution in [0.25, 0.3) is 10.6 Å². The molecular formula is C14H15N5OS. The van der Waals surface area contributed by atoms with Gasteiger partial charge in [0.05, 0.1) is 5.54 Å². The van der Waals surface area contributed by atoms with Gasteiger partial charge >= 0.3 is 6.03 Å². The smallest absolute Gasteiger partial charge is 0.317 e. The van der Waals surface area contributed by atoms with Crippen LogP contribution in [0.15, 0.2) is 30.3 Å². The lowest BCUT2D eigenvalue weighted by atomic mass is 9.90. The number of amides is 2. The van der Waals surface area contributed by atoms with E-state index in [0.29, 0.717) is 6.54 Å². The van der Waals surface area contributed by atoms with E-state index in [1.54, 1.807) is 11.3 Å². The van der Waals surface area contributed by atoms with Crippen LogP contribution in [0.4, 0.5) is 9.93 Å². The molecule has 1 N–H and O–H groups in total. The maximum Gasteiger partial charge on any atom is 0.317 e. The Kier molecular flexibility index (Phi) is 2.65. The lowest BCUT2D eigenvalue weighted by Crippen LogP contribution is -2.69. The van der Waals surface area contributed by atoms with Gasteiger partial charge in [0.25, 0.3) is 0 Å². The number of carbonyl (C=O) groups excluding carboxylic acids is 1. The lowest BCUT2D eigenvalue weighted by Gasteiger charge is -2.50. The Morgan fingerprint density at radius 1 is 1.24 bits per heavy atom. The summed E-state index contributed by atoms with van der Waals surface area (Å²) in [5.74, 6) is 0. The third-order valence-corrected chi connectivity index (χ3v) is 5.29. The van der Waals surface area contributed by atoms with Crippen LogP contribution in [0.1, 0.15) is 0 Å². The molecule has 1 aromatic heterocycles. The van der Waals surface area contributed by atoms with Crippen molar-refractivity contribution in [2.45, 2.75) is 5.54 Å². The highest BCUT2D eigenvalue weighted by Gasteiger charge is 2.52. The molecule has 4 rings (SSSR count). The first kappa shape index (κ1) is 12.6. The minimum absolute atomic E-state index is 0.0110. The summed E-state index contributed by atoms with van der Waals surface area (Å²) in [6.45, 7) is 2.33. The molecule has 0 bridgehead atoms. The molecule has 0 aliphatic carbocycles. The van der Waals surface area contributed by atoms with E-state index in [0.717, 1.165) is 28.8 Å². The SMILES string of the molecule is CN1C(=O)NCC12CN(c1nnc(-c3ccccc3)s1)C2. The monoisotopic (exact) mass is 301 g/mol. The number of carbonyl (C=O) groups is 1. The van der Waals surface area contributed by atoms with Crippen molar-refractivity contribution in [3.63, 3.8) is 0 Å². The first-order chi connectivity index (χ1) is 10.2. The van der Waals surface area contributed by atoms with Gasteiger partial charge in [-0.25, -0.2) is 4.79 Å². The molecule has 21 heavy (non-hydrogen) atoms. The van der Waals surface area contributed by atoms with Crippen LogP contribution < -0.4 is 10.2 Å².